The molecule has 0 fully saturated rings. The van der Waals surface area contributed by atoms with Crippen LogP contribution in [0.1, 0.15) is 25.3 Å². The highest BCUT2D eigenvalue weighted by Crippen LogP contribution is 2.25. The summed E-state index contributed by atoms with van der Waals surface area (Å²) in [5.74, 6) is -2.51. The van der Waals surface area contributed by atoms with Gasteiger partial charge in [-0.05, 0) is 43.5 Å². The molecule has 8 N–H and O–H groups in total. The van der Waals surface area contributed by atoms with E-state index in [1.807, 2.05) is 6.92 Å². The maximum atomic E-state index is 10.4. The average molecular weight is 358 g/mol. The number of nitrogens with two attached hydrogens (primary N) is 1. The number of phenols is 2. The van der Waals surface area contributed by atoms with E-state index in [1.165, 1.54) is 18.2 Å². The van der Waals surface area contributed by atoms with Gasteiger partial charge in [0.1, 0.15) is 12.1 Å². The number of phenolic OH excluding ortho intramolecular Hbond substituents is 2. The van der Waals surface area contributed by atoms with E-state index in [1.54, 1.807) is 0 Å². The Morgan fingerprint density at radius 2 is 1.80 bits per heavy atom. The number of hydrogen-bond donors (Lipinski definition) is 7. The molecule has 0 radical (unpaired) electrons. The molecule has 1 rings (SSSR count). The summed E-state index contributed by atoms with van der Waals surface area (Å²) in [4.78, 5) is 20.8. The Bertz CT molecular complexity index is 551. The van der Waals surface area contributed by atoms with E-state index in [-0.39, 0.29) is 30.9 Å². The minimum absolute atomic E-state index is 0.0896. The Morgan fingerprint density at radius 3 is 2.24 bits per heavy atom. The normalized spacial score (nSPS) is 12.6. The number of carboxylic acids is 2. The molecule has 0 spiro atoms. The monoisotopic (exact) mass is 358 g/mol. The maximum Gasteiger partial charge on any atom is 0.320 e. The third kappa shape index (κ3) is 9.50. The Kier molecular flexibility index (Phi) is 10.9. The summed E-state index contributed by atoms with van der Waals surface area (Å²) in [6.45, 7) is 2.55. The minimum atomic E-state index is -1.10. The predicted molar refractivity (Wildman–Crippen MR) is 90.5 cm³/mol. The SMILES string of the molecule is CCCN[C@@H](CCO)C(=O)O.N[C@@H](Cc1ccc(O)c(O)c1)C(=O)O. The molecule has 0 amide bonds. The number of aliphatic carboxylic acids is 2. The summed E-state index contributed by atoms with van der Waals surface area (Å²) in [6.07, 6.45) is 1.29. The van der Waals surface area contributed by atoms with Crippen LogP contribution in [0.5, 0.6) is 11.5 Å². The third-order valence-electron chi connectivity index (χ3n) is 3.17. The van der Waals surface area contributed by atoms with E-state index >= 15 is 0 Å². The molecule has 0 aliphatic rings. The Morgan fingerprint density at radius 1 is 1.16 bits per heavy atom. The molecular weight excluding hydrogens is 332 g/mol. The van der Waals surface area contributed by atoms with Gasteiger partial charge in [0, 0.05) is 6.61 Å². The van der Waals surface area contributed by atoms with Crippen molar-refractivity contribution in [2.24, 2.45) is 5.73 Å². The largest absolute Gasteiger partial charge is 0.504 e. The average Bonchev–Trinajstić information content (AvgIpc) is 2.55. The summed E-state index contributed by atoms with van der Waals surface area (Å²) in [6, 6.07) is 2.49. The molecule has 9 heteroatoms. The van der Waals surface area contributed by atoms with Crippen molar-refractivity contribution in [2.75, 3.05) is 13.2 Å². The molecule has 2 atom stereocenters. The van der Waals surface area contributed by atoms with Crippen molar-refractivity contribution in [3.63, 3.8) is 0 Å². The Labute approximate surface area is 145 Å². The molecule has 0 heterocycles. The second kappa shape index (κ2) is 12.1. The van der Waals surface area contributed by atoms with Crippen LogP contribution in [0.4, 0.5) is 0 Å². The van der Waals surface area contributed by atoms with E-state index in [4.69, 9.17) is 31.3 Å². The van der Waals surface area contributed by atoms with E-state index in [0.29, 0.717) is 12.1 Å². The number of aliphatic hydroxyl groups is 1. The van der Waals surface area contributed by atoms with Crippen LogP contribution in [-0.2, 0) is 16.0 Å². The fourth-order valence-corrected chi connectivity index (χ4v) is 1.80. The van der Waals surface area contributed by atoms with Crippen molar-refractivity contribution in [3.05, 3.63) is 23.8 Å². The van der Waals surface area contributed by atoms with Crippen molar-refractivity contribution in [1.29, 1.82) is 0 Å². The first kappa shape index (κ1) is 22.6. The van der Waals surface area contributed by atoms with Gasteiger partial charge in [-0.2, -0.15) is 0 Å². The van der Waals surface area contributed by atoms with Crippen molar-refractivity contribution in [3.8, 4) is 11.5 Å². The molecule has 1 aromatic carbocycles. The van der Waals surface area contributed by atoms with Gasteiger partial charge in [0.15, 0.2) is 11.5 Å². The zero-order valence-electron chi connectivity index (χ0n) is 14.1. The van der Waals surface area contributed by atoms with Crippen LogP contribution in [0.15, 0.2) is 18.2 Å². The first-order chi connectivity index (χ1) is 11.7. The fourth-order valence-electron chi connectivity index (χ4n) is 1.80. The molecule has 0 aliphatic heterocycles. The molecule has 0 saturated heterocycles. The van der Waals surface area contributed by atoms with Crippen molar-refractivity contribution in [1.82, 2.24) is 5.32 Å². The molecule has 1 aromatic rings. The van der Waals surface area contributed by atoms with Gasteiger partial charge >= 0.3 is 11.9 Å². The molecule has 142 valence electrons. The topological polar surface area (TPSA) is 173 Å². The lowest BCUT2D eigenvalue weighted by Gasteiger charge is -2.11. The number of aliphatic hydroxyl groups excluding tert-OH is 1. The molecule has 0 unspecified atom stereocenters. The van der Waals surface area contributed by atoms with Gasteiger partial charge in [-0.25, -0.2) is 0 Å². The minimum Gasteiger partial charge on any atom is -0.504 e. The molecule has 0 bridgehead atoms. The smallest absolute Gasteiger partial charge is 0.320 e. The maximum absolute atomic E-state index is 10.4. The molecule has 9 nitrogen and oxygen atoms in total. The van der Waals surface area contributed by atoms with Gasteiger partial charge in [-0.15, -0.1) is 0 Å². The van der Waals surface area contributed by atoms with Crippen LogP contribution < -0.4 is 11.1 Å². The van der Waals surface area contributed by atoms with Gasteiger partial charge in [0.25, 0.3) is 0 Å². The number of aromatic hydroxyl groups is 2. The summed E-state index contributed by atoms with van der Waals surface area (Å²) in [5.41, 5.74) is 5.86. The van der Waals surface area contributed by atoms with Crippen LogP contribution in [0.25, 0.3) is 0 Å². The van der Waals surface area contributed by atoms with Crippen LogP contribution in [-0.4, -0.2) is 62.7 Å². The van der Waals surface area contributed by atoms with E-state index in [2.05, 4.69) is 5.32 Å². The fraction of sp³-hybridized carbons (Fsp3) is 0.500. The first-order valence-electron chi connectivity index (χ1n) is 7.79. The molecular formula is C16H26N2O7. The zero-order chi connectivity index (χ0) is 19.4. The zero-order valence-corrected chi connectivity index (χ0v) is 14.1. The van der Waals surface area contributed by atoms with Gasteiger partial charge < -0.3 is 36.6 Å². The highest BCUT2D eigenvalue weighted by molar-refractivity contribution is 5.73. The number of carbonyl (C=O) groups is 2. The Balaban J connectivity index is 0.000000477. The third-order valence-corrected chi connectivity index (χ3v) is 3.17. The van der Waals surface area contributed by atoms with Crippen LogP contribution in [0.3, 0.4) is 0 Å². The van der Waals surface area contributed by atoms with Crippen molar-refractivity contribution in [2.45, 2.75) is 38.3 Å². The number of carboxylic acid groups (broad SMARTS) is 2. The van der Waals surface area contributed by atoms with Gasteiger partial charge in [-0.1, -0.05) is 13.0 Å². The Hall–Kier alpha value is -2.36. The molecule has 25 heavy (non-hydrogen) atoms. The highest BCUT2D eigenvalue weighted by Gasteiger charge is 2.14. The highest BCUT2D eigenvalue weighted by atomic mass is 16.4. The quantitative estimate of drug-likeness (QED) is 0.297. The second-order valence-electron chi connectivity index (χ2n) is 5.33. The first-order valence-corrected chi connectivity index (χ1v) is 7.79. The lowest BCUT2D eigenvalue weighted by molar-refractivity contribution is -0.140. The van der Waals surface area contributed by atoms with Gasteiger partial charge in [0.05, 0.1) is 0 Å². The van der Waals surface area contributed by atoms with E-state index < -0.39 is 24.0 Å². The van der Waals surface area contributed by atoms with E-state index in [9.17, 15) is 9.59 Å². The summed E-state index contributed by atoms with van der Waals surface area (Å²) >= 11 is 0. The standard InChI is InChI=1S/C9H11NO4.C7H15NO3/c10-6(9(13)14)3-5-1-2-7(11)8(12)4-5;1-2-4-8-6(3-5-9)7(10)11/h1-2,4,6,11-12H,3,10H2,(H,13,14);6,8-9H,2-5H2,1H3,(H,10,11)/t2*6-/m00/s1. The van der Waals surface area contributed by atoms with Gasteiger partial charge in [-0.3, -0.25) is 9.59 Å². The van der Waals surface area contributed by atoms with Crippen molar-refractivity contribution >= 4 is 11.9 Å². The van der Waals surface area contributed by atoms with E-state index in [0.717, 1.165) is 6.42 Å². The molecule has 0 aromatic heterocycles. The lowest BCUT2D eigenvalue weighted by atomic mass is 10.1. The van der Waals surface area contributed by atoms with Gasteiger partial charge in [0.2, 0.25) is 0 Å². The van der Waals surface area contributed by atoms with Crippen LogP contribution >= 0.6 is 0 Å². The summed E-state index contributed by atoms with van der Waals surface area (Å²) < 4.78 is 0. The number of benzene rings is 1. The second-order valence-corrected chi connectivity index (χ2v) is 5.33. The molecule has 0 aliphatic carbocycles. The summed E-state index contributed by atoms with van der Waals surface area (Å²) in [5, 5.41) is 46.5. The van der Waals surface area contributed by atoms with Crippen LogP contribution in [0.2, 0.25) is 0 Å². The number of hydrogen-bond acceptors (Lipinski definition) is 7. The number of rotatable bonds is 9. The predicted octanol–water partition coefficient (Wildman–Crippen LogP) is -0.126. The van der Waals surface area contributed by atoms with Crippen molar-refractivity contribution < 1.29 is 35.1 Å². The summed E-state index contributed by atoms with van der Waals surface area (Å²) in [7, 11) is 0. The number of nitrogens with one attached hydrogen (secondary N) is 1. The lowest BCUT2D eigenvalue weighted by Crippen LogP contribution is -2.37. The molecule has 0 saturated carbocycles. The van der Waals surface area contributed by atoms with Crippen LogP contribution in [0, 0.1) is 0 Å².